The molecule has 2 aliphatic rings. The molecule has 1 aliphatic carbocycles. The van der Waals surface area contributed by atoms with Crippen molar-refractivity contribution in [2.75, 3.05) is 25.1 Å². The van der Waals surface area contributed by atoms with E-state index in [4.69, 9.17) is 4.74 Å². The highest BCUT2D eigenvalue weighted by Crippen LogP contribution is 2.31. The molecule has 1 fully saturated rings. The highest BCUT2D eigenvalue weighted by Gasteiger charge is 2.30. The molecule has 1 aromatic rings. The van der Waals surface area contributed by atoms with Crippen LogP contribution in [0.15, 0.2) is 18.2 Å². The molecule has 108 valence electrons. The second-order valence-electron chi connectivity index (χ2n) is 5.48. The summed E-state index contributed by atoms with van der Waals surface area (Å²) in [4.78, 5) is 11.8. The van der Waals surface area contributed by atoms with E-state index in [2.05, 4.69) is 10.6 Å². The van der Waals surface area contributed by atoms with Crippen LogP contribution in [-0.2, 0) is 9.53 Å². The van der Waals surface area contributed by atoms with Gasteiger partial charge >= 0.3 is 0 Å². The standard InChI is InChI=1S/C15H19FN2O2/c16-11-4-5-12-13(8-11)18-15(19)14(12)17-6-1-7-20-9-10-2-3-10/h4-5,8,10,14,17H,1-3,6-7,9H2,(H,18,19). The molecule has 0 bridgehead atoms. The average molecular weight is 278 g/mol. The van der Waals surface area contributed by atoms with Crippen LogP contribution in [0.5, 0.6) is 0 Å². The van der Waals surface area contributed by atoms with Gasteiger partial charge in [-0.3, -0.25) is 4.79 Å². The minimum atomic E-state index is -0.381. The lowest BCUT2D eigenvalue weighted by Gasteiger charge is -2.11. The zero-order chi connectivity index (χ0) is 13.9. The van der Waals surface area contributed by atoms with E-state index in [0.717, 1.165) is 24.5 Å². The number of rotatable bonds is 7. The number of carbonyl (C=O) groups excluding carboxylic acids is 1. The summed E-state index contributed by atoms with van der Waals surface area (Å²) in [6.07, 6.45) is 3.47. The van der Waals surface area contributed by atoms with Gasteiger partial charge in [-0.25, -0.2) is 4.39 Å². The van der Waals surface area contributed by atoms with Crippen molar-refractivity contribution in [2.45, 2.75) is 25.3 Å². The van der Waals surface area contributed by atoms with Crippen LogP contribution in [-0.4, -0.2) is 25.7 Å². The molecule has 5 heteroatoms. The summed E-state index contributed by atoms with van der Waals surface area (Å²) < 4.78 is 18.6. The lowest BCUT2D eigenvalue weighted by molar-refractivity contribution is -0.117. The van der Waals surface area contributed by atoms with Gasteiger partial charge in [0.1, 0.15) is 11.9 Å². The van der Waals surface area contributed by atoms with Crippen LogP contribution in [0.3, 0.4) is 0 Å². The predicted molar refractivity (Wildman–Crippen MR) is 73.9 cm³/mol. The minimum Gasteiger partial charge on any atom is -0.381 e. The first kappa shape index (κ1) is 13.5. The van der Waals surface area contributed by atoms with Crippen LogP contribution in [0.25, 0.3) is 0 Å². The number of halogens is 1. The fraction of sp³-hybridized carbons (Fsp3) is 0.533. The first-order chi connectivity index (χ1) is 9.74. The van der Waals surface area contributed by atoms with Gasteiger partial charge in [0, 0.05) is 24.5 Å². The Labute approximate surface area is 117 Å². The first-order valence-electron chi connectivity index (χ1n) is 7.15. The molecule has 1 heterocycles. The summed E-state index contributed by atoms with van der Waals surface area (Å²) in [5, 5.41) is 5.89. The van der Waals surface area contributed by atoms with E-state index in [1.165, 1.54) is 25.0 Å². The van der Waals surface area contributed by atoms with Gasteiger partial charge in [0.15, 0.2) is 0 Å². The molecule has 0 saturated heterocycles. The molecule has 4 nitrogen and oxygen atoms in total. The number of benzene rings is 1. The highest BCUT2D eigenvalue weighted by atomic mass is 19.1. The molecule has 1 amide bonds. The number of hydrogen-bond donors (Lipinski definition) is 2. The zero-order valence-electron chi connectivity index (χ0n) is 11.3. The van der Waals surface area contributed by atoms with Crippen LogP contribution in [0.4, 0.5) is 10.1 Å². The SMILES string of the molecule is O=C1Nc2cc(F)ccc2C1NCCCOCC1CC1. The van der Waals surface area contributed by atoms with E-state index >= 15 is 0 Å². The van der Waals surface area contributed by atoms with E-state index in [1.807, 2.05) is 0 Å². The molecule has 20 heavy (non-hydrogen) atoms. The normalized spacial score (nSPS) is 20.9. The first-order valence-corrected chi connectivity index (χ1v) is 7.15. The fourth-order valence-electron chi connectivity index (χ4n) is 2.39. The Balaban J connectivity index is 1.44. The molecule has 1 saturated carbocycles. The number of fused-ring (bicyclic) bond motifs is 1. The second-order valence-corrected chi connectivity index (χ2v) is 5.48. The van der Waals surface area contributed by atoms with Crippen molar-refractivity contribution in [2.24, 2.45) is 5.92 Å². The summed E-state index contributed by atoms with van der Waals surface area (Å²) in [6, 6.07) is 4.01. The Morgan fingerprint density at radius 2 is 2.25 bits per heavy atom. The summed E-state index contributed by atoms with van der Waals surface area (Å²) in [6.45, 7) is 2.29. The topological polar surface area (TPSA) is 50.4 Å². The maximum absolute atomic E-state index is 13.1. The van der Waals surface area contributed by atoms with E-state index in [-0.39, 0.29) is 17.8 Å². The lowest BCUT2D eigenvalue weighted by Crippen LogP contribution is -2.28. The van der Waals surface area contributed by atoms with Crippen molar-refractivity contribution in [3.8, 4) is 0 Å². The number of nitrogens with one attached hydrogen (secondary N) is 2. The minimum absolute atomic E-state index is 0.121. The highest BCUT2D eigenvalue weighted by molar-refractivity contribution is 6.02. The number of anilines is 1. The molecule has 0 radical (unpaired) electrons. The molecule has 1 unspecified atom stereocenters. The monoisotopic (exact) mass is 278 g/mol. The van der Waals surface area contributed by atoms with Crippen LogP contribution in [0, 0.1) is 11.7 Å². The fourth-order valence-corrected chi connectivity index (χ4v) is 2.39. The number of carbonyl (C=O) groups is 1. The van der Waals surface area contributed by atoms with Gasteiger partial charge in [-0.15, -0.1) is 0 Å². The van der Waals surface area contributed by atoms with E-state index < -0.39 is 0 Å². The molecule has 0 spiro atoms. The Kier molecular flexibility index (Phi) is 3.98. The maximum Gasteiger partial charge on any atom is 0.246 e. The van der Waals surface area contributed by atoms with Crippen molar-refractivity contribution < 1.29 is 13.9 Å². The van der Waals surface area contributed by atoms with Gasteiger partial charge in [0.2, 0.25) is 5.91 Å². The smallest absolute Gasteiger partial charge is 0.246 e. The Morgan fingerprint density at radius 1 is 1.40 bits per heavy atom. The summed E-state index contributed by atoms with van der Waals surface area (Å²) in [5.41, 5.74) is 1.38. The van der Waals surface area contributed by atoms with Gasteiger partial charge in [0.05, 0.1) is 0 Å². The van der Waals surface area contributed by atoms with Crippen LogP contribution in [0.1, 0.15) is 30.9 Å². The Bertz CT molecular complexity index is 503. The third kappa shape index (κ3) is 3.16. The molecule has 1 aromatic carbocycles. The van der Waals surface area contributed by atoms with E-state index in [9.17, 15) is 9.18 Å². The molecular weight excluding hydrogens is 259 g/mol. The lowest BCUT2D eigenvalue weighted by atomic mass is 10.1. The molecule has 2 N–H and O–H groups in total. The second kappa shape index (κ2) is 5.89. The van der Waals surface area contributed by atoms with Gasteiger partial charge < -0.3 is 15.4 Å². The van der Waals surface area contributed by atoms with E-state index in [0.29, 0.717) is 18.8 Å². The number of amides is 1. The van der Waals surface area contributed by atoms with Crippen LogP contribution in [0.2, 0.25) is 0 Å². The van der Waals surface area contributed by atoms with Gasteiger partial charge in [-0.1, -0.05) is 6.07 Å². The molecular formula is C15H19FN2O2. The quantitative estimate of drug-likeness (QED) is 0.752. The summed E-state index contributed by atoms with van der Waals surface area (Å²) in [5.74, 6) is 0.327. The Hall–Kier alpha value is -1.46. The largest absolute Gasteiger partial charge is 0.381 e. The third-order valence-electron chi connectivity index (χ3n) is 3.71. The van der Waals surface area contributed by atoms with Gasteiger partial charge in [0.25, 0.3) is 0 Å². The van der Waals surface area contributed by atoms with Crippen molar-refractivity contribution >= 4 is 11.6 Å². The predicted octanol–water partition coefficient (Wildman–Crippen LogP) is 2.23. The summed E-state index contributed by atoms with van der Waals surface area (Å²) >= 11 is 0. The van der Waals surface area contributed by atoms with Crippen LogP contribution < -0.4 is 10.6 Å². The van der Waals surface area contributed by atoms with Gasteiger partial charge in [-0.2, -0.15) is 0 Å². The molecule has 1 aliphatic heterocycles. The number of ether oxygens (including phenoxy) is 1. The number of hydrogen-bond acceptors (Lipinski definition) is 3. The molecule has 1 atom stereocenters. The van der Waals surface area contributed by atoms with Crippen molar-refractivity contribution in [1.82, 2.24) is 5.32 Å². The maximum atomic E-state index is 13.1. The zero-order valence-corrected chi connectivity index (χ0v) is 11.3. The third-order valence-corrected chi connectivity index (χ3v) is 3.71. The van der Waals surface area contributed by atoms with Crippen molar-refractivity contribution in [1.29, 1.82) is 0 Å². The average Bonchev–Trinajstić information content (AvgIpc) is 3.18. The van der Waals surface area contributed by atoms with Crippen molar-refractivity contribution in [3.63, 3.8) is 0 Å². The molecule has 0 aromatic heterocycles. The van der Waals surface area contributed by atoms with Crippen molar-refractivity contribution in [3.05, 3.63) is 29.6 Å². The van der Waals surface area contributed by atoms with Crippen LogP contribution >= 0.6 is 0 Å². The molecule has 3 rings (SSSR count). The van der Waals surface area contributed by atoms with E-state index in [1.54, 1.807) is 6.07 Å². The summed E-state index contributed by atoms with van der Waals surface area (Å²) in [7, 11) is 0. The van der Waals surface area contributed by atoms with Gasteiger partial charge in [-0.05, 0) is 43.9 Å². The Morgan fingerprint density at radius 3 is 3.05 bits per heavy atom.